The van der Waals surface area contributed by atoms with Gasteiger partial charge in [0.05, 0.1) is 21.2 Å². The number of nitrogens with zero attached hydrogens (tertiary/aromatic N) is 2. The number of amides is 1. The molecule has 3 rings (SSSR count). The molecular formula is C15H14ClN3O3S. The Morgan fingerprint density at radius 1 is 1.52 bits per heavy atom. The topological polar surface area (TPSA) is 85.1 Å². The Labute approximate surface area is 141 Å². The van der Waals surface area contributed by atoms with Crippen molar-refractivity contribution in [3.63, 3.8) is 0 Å². The Kier molecular flexibility index (Phi) is 4.32. The predicted molar refractivity (Wildman–Crippen MR) is 89.4 cm³/mol. The molecule has 0 saturated heterocycles. The lowest BCUT2D eigenvalue weighted by Crippen LogP contribution is -2.13. The average Bonchev–Trinajstić information content (AvgIpc) is 2.88. The van der Waals surface area contributed by atoms with E-state index in [0.29, 0.717) is 11.0 Å². The Morgan fingerprint density at radius 2 is 2.30 bits per heavy atom. The van der Waals surface area contributed by atoms with Gasteiger partial charge in [-0.25, -0.2) is 4.98 Å². The zero-order valence-corrected chi connectivity index (χ0v) is 13.9. The van der Waals surface area contributed by atoms with Gasteiger partial charge in [-0.1, -0.05) is 18.5 Å². The van der Waals surface area contributed by atoms with Gasteiger partial charge < -0.3 is 0 Å². The van der Waals surface area contributed by atoms with Crippen LogP contribution < -0.4 is 5.32 Å². The molecule has 6 nitrogen and oxygen atoms in total. The van der Waals surface area contributed by atoms with Crippen molar-refractivity contribution in [1.29, 1.82) is 0 Å². The van der Waals surface area contributed by atoms with E-state index in [2.05, 4.69) is 17.2 Å². The van der Waals surface area contributed by atoms with Gasteiger partial charge in [-0.15, -0.1) is 11.3 Å². The summed E-state index contributed by atoms with van der Waals surface area (Å²) in [5.74, 6) is 0.135. The highest BCUT2D eigenvalue weighted by atomic mass is 35.5. The molecule has 1 atom stereocenters. The number of halogens is 1. The van der Waals surface area contributed by atoms with Crippen molar-refractivity contribution in [1.82, 2.24) is 4.98 Å². The van der Waals surface area contributed by atoms with Gasteiger partial charge in [0.1, 0.15) is 0 Å². The maximum absolute atomic E-state index is 12.3. The molecule has 0 radical (unpaired) electrons. The van der Waals surface area contributed by atoms with E-state index in [1.807, 2.05) is 0 Å². The van der Waals surface area contributed by atoms with E-state index >= 15 is 0 Å². The van der Waals surface area contributed by atoms with Crippen molar-refractivity contribution >= 4 is 39.7 Å². The molecule has 1 aromatic carbocycles. The van der Waals surface area contributed by atoms with E-state index in [4.69, 9.17) is 11.6 Å². The molecule has 0 bridgehead atoms. The smallest absolute Gasteiger partial charge is 0.270 e. The van der Waals surface area contributed by atoms with Gasteiger partial charge in [0.2, 0.25) is 0 Å². The number of rotatable bonds is 3. The van der Waals surface area contributed by atoms with Crippen molar-refractivity contribution in [3.05, 3.63) is 49.5 Å². The van der Waals surface area contributed by atoms with Gasteiger partial charge >= 0.3 is 0 Å². The fourth-order valence-corrected chi connectivity index (χ4v) is 3.93. The highest BCUT2D eigenvalue weighted by Gasteiger charge is 2.22. The quantitative estimate of drug-likeness (QED) is 0.666. The fourth-order valence-electron chi connectivity index (χ4n) is 2.56. The molecule has 0 saturated carbocycles. The molecule has 0 spiro atoms. The number of aryl methyl sites for hydroxylation is 1. The number of carbonyl (C=O) groups excluding carboxylic acids is 1. The molecule has 1 aromatic heterocycles. The third-order valence-electron chi connectivity index (χ3n) is 3.81. The summed E-state index contributed by atoms with van der Waals surface area (Å²) in [6.45, 7) is 2.20. The standard InChI is InChI=1S/C15H14ClN3O3S/c1-8-2-5-12-13(6-8)23-15(17-12)18-14(20)10-7-9(19(21)22)3-4-11(10)16/h3-4,7-8H,2,5-6H2,1H3,(H,17,18,20). The average molecular weight is 352 g/mol. The van der Waals surface area contributed by atoms with E-state index in [1.54, 1.807) is 0 Å². The monoisotopic (exact) mass is 351 g/mol. The highest BCUT2D eigenvalue weighted by Crippen LogP contribution is 2.32. The van der Waals surface area contributed by atoms with Gasteiger partial charge in [-0.3, -0.25) is 20.2 Å². The maximum Gasteiger partial charge on any atom is 0.270 e. The second-order valence-corrected chi connectivity index (χ2v) is 7.10. The maximum atomic E-state index is 12.3. The van der Waals surface area contributed by atoms with Gasteiger partial charge in [0.25, 0.3) is 11.6 Å². The van der Waals surface area contributed by atoms with Crippen LogP contribution in [0.4, 0.5) is 10.8 Å². The SMILES string of the molecule is CC1CCc2nc(NC(=O)c3cc([N+](=O)[O-])ccc3Cl)sc2C1. The number of hydrogen-bond donors (Lipinski definition) is 1. The van der Waals surface area contributed by atoms with Crippen molar-refractivity contribution in [2.24, 2.45) is 5.92 Å². The molecule has 1 aliphatic rings. The number of benzene rings is 1. The first-order valence-electron chi connectivity index (χ1n) is 7.18. The zero-order valence-electron chi connectivity index (χ0n) is 12.3. The summed E-state index contributed by atoms with van der Waals surface area (Å²) in [7, 11) is 0. The Hall–Kier alpha value is -1.99. The van der Waals surface area contributed by atoms with Crippen LogP contribution in [-0.4, -0.2) is 15.8 Å². The first-order valence-corrected chi connectivity index (χ1v) is 8.37. The Balaban J connectivity index is 1.82. The van der Waals surface area contributed by atoms with Crippen molar-refractivity contribution in [2.45, 2.75) is 26.2 Å². The van der Waals surface area contributed by atoms with Gasteiger partial charge in [-0.2, -0.15) is 0 Å². The number of hydrogen-bond acceptors (Lipinski definition) is 5. The first-order chi connectivity index (χ1) is 10.9. The van der Waals surface area contributed by atoms with Crippen molar-refractivity contribution < 1.29 is 9.72 Å². The lowest BCUT2D eigenvalue weighted by Gasteiger charge is -2.15. The molecule has 1 unspecified atom stereocenters. The number of fused-ring (bicyclic) bond motifs is 1. The zero-order chi connectivity index (χ0) is 16.6. The molecule has 0 aliphatic heterocycles. The second-order valence-electron chi connectivity index (χ2n) is 5.61. The van der Waals surface area contributed by atoms with E-state index in [-0.39, 0.29) is 16.3 Å². The summed E-state index contributed by atoms with van der Waals surface area (Å²) in [6, 6.07) is 3.79. The summed E-state index contributed by atoms with van der Waals surface area (Å²) < 4.78 is 0. The van der Waals surface area contributed by atoms with E-state index < -0.39 is 10.8 Å². The molecule has 1 heterocycles. The molecule has 2 aromatic rings. The lowest BCUT2D eigenvalue weighted by molar-refractivity contribution is -0.384. The van der Waals surface area contributed by atoms with Crippen LogP contribution in [0.3, 0.4) is 0 Å². The number of nitro benzene ring substituents is 1. The van der Waals surface area contributed by atoms with Crippen LogP contribution in [0.1, 0.15) is 34.3 Å². The minimum absolute atomic E-state index is 0.0717. The molecule has 0 fully saturated rings. The van der Waals surface area contributed by atoms with Gasteiger partial charge in [0.15, 0.2) is 5.13 Å². The number of aromatic nitrogens is 1. The number of thiazole rings is 1. The van der Waals surface area contributed by atoms with E-state index in [0.717, 1.165) is 25.0 Å². The van der Waals surface area contributed by atoms with Gasteiger partial charge in [-0.05, 0) is 31.2 Å². The summed E-state index contributed by atoms with van der Waals surface area (Å²) >= 11 is 7.44. The fraction of sp³-hybridized carbons (Fsp3) is 0.333. The normalized spacial score (nSPS) is 16.7. The minimum Gasteiger partial charge on any atom is -0.298 e. The molecule has 23 heavy (non-hydrogen) atoms. The van der Waals surface area contributed by atoms with Crippen LogP contribution in [0.5, 0.6) is 0 Å². The largest absolute Gasteiger partial charge is 0.298 e. The number of nitrogens with one attached hydrogen (secondary N) is 1. The number of non-ortho nitro benzene ring substituents is 1. The predicted octanol–water partition coefficient (Wildman–Crippen LogP) is 4.08. The molecule has 1 amide bonds. The summed E-state index contributed by atoms with van der Waals surface area (Å²) in [4.78, 5) is 28.3. The number of carbonyl (C=O) groups is 1. The van der Waals surface area contributed by atoms with Crippen LogP contribution in [-0.2, 0) is 12.8 Å². The number of nitro groups is 1. The third-order valence-corrected chi connectivity index (χ3v) is 5.18. The van der Waals surface area contributed by atoms with E-state index in [1.165, 1.54) is 34.4 Å². The van der Waals surface area contributed by atoms with Crippen LogP contribution in [0, 0.1) is 16.0 Å². The molecular weight excluding hydrogens is 338 g/mol. The molecule has 1 N–H and O–H groups in total. The van der Waals surface area contributed by atoms with Crippen LogP contribution in [0.25, 0.3) is 0 Å². The summed E-state index contributed by atoms with van der Waals surface area (Å²) in [5.41, 5.74) is 0.933. The number of anilines is 1. The van der Waals surface area contributed by atoms with Crippen molar-refractivity contribution in [3.8, 4) is 0 Å². The second kappa shape index (κ2) is 6.25. The Morgan fingerprint density at radius 3 is 3.04 bits per heavy atom. The molecule has 120 valence electrons. The van der Waals surface area contributed by atoms with Crippen LogP contribution >= 0.6 is 22.9 Å². The molecule has 1 aliphatic carbocycles. The lowest BCUT2D eigenvalue weighted by atomic mass is 9.93. The van der Waals surface area contributed by atoms with Crippen LogP contribution in [0.2, 0.25) is 5.02 Å². The minimum atomic E-state index is -0.559. The summed E-state index contributed by atoms with van der Waals surface area (Å²) in [6.07, 6.45) is 2.99. The van der Waals surface area contributed by atoms with E-state index in [9.17, 15) is 14.9 Å². The first kappa shape index (κ1) is 15.9. The third kappa shape index (κ3) is 3.35. The highest BCUT2D eigenvalue weighted by molar-refractivity contribution is 7.15. The summed E-state index contributed by atoms with van der Waals surface area (Å²) in [5, 5.41) is 14.2. The van der Waals surface area contributed by atoms with Crippen LogP contribution in [0.15, 0.2) is 18.2 Å². The van der Waals surface area contributed by atoms with Gasteiger partial charge in [0, 0.05) is 17.0 Å². The molecule has 8 heteroatoms. The van der Waals surface area contributed by atoms with Crippen molar-refractivity contribution in [2.75, 3.05) is 5.32 Å². The Bertz CT molecular complexity index is 790.